The van der Waals surface area contributed by atoms with Gasteiger partial charge in [0.1, 0.15) is 23.2 Å². The molecule has 4 aromatic rings. The number of methoxy groups -OCH3 is 1. The van der Waals surface area contributed by atoms with E-state index in [2.05, 4.69) is 0 Å². The molecule has 1 aliphatic rings. The Morgan fingerprint density at radius 2 is 1.95 bits per heavy atom. The van der Waals surface area contributed by atoms with Crippen molar-refractivity contribution in [1.29, 1.82) is 0 Å². The third kappa shape index (κ3) is 4.95. The van der Waals surface area contributed by atoms with Crippen molar-refractivity contribution in [3.63, 3.8) is 0 Å². The van der Waals surface area contributed by atoms with Crippen LogP contribution in [0.4, 0.5) is 5.69 Å². The Hall–Kier alpha value is -4.51. The first-order valence-electron chi connectivity index (χ1n) is 12.7. The second kappa shape index (κ2) is 10.9. The molecule has 1 N–H and O–H groups in total. The number of ether oxygens (including phenoxy) is 2. The zero-order valence-corrected chi connectivity index (χ0v) is 23.2. The maximum absolute atomic E-state index is 13.8. The topological polar surface area (TPSA) is 123 Å². The predicted molar refractivity (Wildman–Crippen MR) is 148 cm³/mol. The first kappa shape index (κ1) is 27.1. The highest BCUT2D eigenvalue weighted by Gasteiger charge is 2.41. The third-order valence-electron chi connectivity index (χ3n) is 6.83. The van der Waals surface area contributed by atoms with Crippen molar-refractivity contribution in [3.05, 3.63) is 96.1 Å². The average molecular weight is 563 g/mol. The van der Waals surface area contributed by atoms with E-state index in [0.717, 1.165) is 11.1 Å². The molecule has 2 aromatic heterocycles. The fourth-order valence-electron chi connectivity index (χ4n) is 4.94. The lowest BCUT2D eigenvalue weighted by atomic mass is 9.86. The molecule has 0 fully saturated rings. The molecule has 0 aliphatic carbocycles. The molecule has 10 nitrogen and oxygen atoms in total. The number of hydrogen-bond acceptors (Lipinski definition) is 8. The van der Waals surface area contributed by atoms with Crippen molar-refractivity contribution in [2.24, 2.45) is 10.9 Å². The van der Waals surface area contributed by atoms with Crippen molar-refractivity contribution < 1.29 is 28.8 Å². The summed E-state index contributed by atoms with van der Waals surface area (Å²) >= 11 is 1.20. The van der Waals surface area contributed by atoms with Crippen LogP contribution in [-0.2, 0) is 9.53 Å². The van der Waals surface area contributed by atoms with Gasteiger partial charge in [0.25, 0.3) is 10.5 Å². The van der Waals surface area contributed by atoms with E-state index in [1.165, 1.54) is 11.3 Å². The number of esters is 1. The molecule has 3 unspecified atom stereocenters. The quantitative estimate of drug-likeness (QED) is 0.268. The van der Waals surface area contributed by atoms with Gasteiger partial charge in [-0.3, -0.25) is 19.1 Å². The molecule has 40 heavy (non-hydrogen) atoms. The normalized spacial score (nSPS) is 18.6. The third-order valence-corrected chi connectivity index (χ3v) is 7.83. The Morgan fingerprint density at radius 3 is 2.62 bits per heavy atom. The second-order valence-corrected chi connectivity index (χ2v) is 10.4. The lowest BCUT2D eigenvalue weighted by Crippen LogP contribution is -2.47. The summed E-state index contributed by atoms with van der Waals surface area (Å²) < 4.78 is 18.5. The van der Waals surface area contributed by atoms with Crippen molar-refractivity contribution in [3.8, 4) is 17.1 Å². The number of aryl methyl sites for hydroxylation is 1. The van der Waals surface area contributed by atoms with Gasteiger partial charge in [0.15, 0.2) is 4.80 Å². The molecule has 0 saturated heterocycles. The maximum atomic E-state index is 13.8. The Balaban J connectivity index is 1.62. The van der Waals surface area contributed by atoms with Crippen LogP contribution in [-0.4, -0.2) is 40.4 Å². The van der Waals surface area contributed by atoms with E-state index in [1.807, 2.05) is 26.0 Å². The van der Waals surface area contributed by atoms with Crippen LogP contribution in [0.3, 0.4) is 0 Å². The number of nitrogens with zero attached hydrogens (tertiary/aromatic N) is 3. The summed E-state index contributed by atoms with van der Waals surface area (Å²) in [6.07, 6.45) is 1.61. The van der Waals surface area contributed by atoms with Crippen LogP contribution < -0.4 is 19.6 Å². The van der Waals surface area contributed by atoms with Crippen molar-refractivity contribution in [2.75, 3.05) is 13.7 Å². The molecule has 206 valence electrons. The minimum absolute atomic E-state index is 0.0488. The zero-order valence-electron chi connectivity index (χ0n) is 22.4. The fourth-order valence-corrected chi connectivity index (χ4v) is 6.01. The number of hydrogen-bond donors (Lipinski definition) is 1. The highest BCUT2D eigenvalue weighted by molar-refractivity contribution is 7.07. The van der Waals surface area contributed by atoms with Gasteiger partial charge in [0.2, 0.25) is 0 Å². The summed E-state index contributed by atoms with van der Waals surface area (Å²) in [6.45, 7) is 5.60. The minimum atomic E-state index is -0.704. The van der Waals surface area contributed by atoms with Crippen LogP contribution in [0.5, 0.6) is 5.75 Å². The standard InChI is InChI=1S/C29H28N3O7S/c1-5-38-28(34)25-17(3)30-29-31(26(25)18-7-9-19(37-4)10-8-18)27(33)24(40-29)15-20-11-13-23(39-20)21-12-6-16(2)14-22(21)32(35)36/h6-15,17,25-26H,5H2,1-4H3,(H,35,36)/q+1/b24-15-. The lowest BCUT2D eigenvalue weighted by molar-refractivity contribution is -0.729. The molecule has 3 atom stereocenters. The van der Waals surface area contributed by atoms with Crippen LogP contribution in [0.1, 0.15) is 36.8 Å². The number of thiazole rings is 1. The fraction of sp³-hybridized carbons (Fsp3) is 0.276. The summed E-state index contributed by atoms with van der Waals surface area (Å²) in [7, 11) is 1.57. The van der Waals surface area contributed by atoms with Gasteiger partial charge in [-0.1, -0.05) is 29.5 Å². The van der Waals surface area contributed by atoms with Gasteiger partial charge in [-0.05, 0) is 62.2 Å². The number of fused-ring (bicyclic) bond motifs is 1. The summed E-state index contributed by atoms with van der Waals surface area (Å²) in [5.74, 6) is 0.265. The maximum Gasteiger partial charge on any atom is 0.327 e. The first-order valence-corrected chi connectivity index (χ1v) is 13.5. The number of carbonyl (C=O) groups excluding carboxylic acids is 1. The van der Waals surface area contributed by atoms with E-state index in [-0.39, 0.29) is 22.8 Å². The van der Waals surface area contributed by atoms with Crippen LogP contribution >= 0.6 is 11.3 Å². The van der Waals surface area contributed by atoms with E-state index >= 15 is 0 Å². The molecule has 3 heterocycles. The number of rotatable bonds is 7. The van der Waals surface area contributed by atoms with E-state index in [0.29, 0.717) is 32.2 Å². The number of carbonyl (C=O) groups is 1. The van der Waals surface area contributed by atoms with Gasteiger partial charge >= 0.3 is 11.7 Å². The molecule has 0 saturated carbocycles. The summed E-state index contributed by atoms with van der Waals surface area (Å²) in [6, 6.07) is 14.6. The second-order valence-electron chi connectivity index (χ2n) is 9.43. The summed E-state index contributed by atoms with van der Waals surface area (Å²) in [5, 5.41) is 9.56. The highest BCUT2D eigenvalue weighted by Crippen LogP contribution is 2.34. The molecule has 0 spiro atoms. The van der Waals surface area contributed by atoms with E-state index < -0.39 is 24.0 Å². The van der Waals surface area contributed by atoms with Gasteiger partial charge in [-0.2, -0.15) is 0 Å². The molecule has 0 amide bonds. The van der Waals surface area contributed by atoms with Crippen LogP contribution in [0, 0.1) is 17.7 Å². The molecular weight excluding hydrogens is 534 g/mol. The number of furan rings is 1. The predicted octanol–water partition coefficient (Wildman–Crippen LogP) is 3.91. The molecule has 0 radical (unpaired) electrons. The van der Waals surface area contributed by atoms with E-state index in [4.69, 9.17) is 18.9 Å². The van der Waals surface area contributed by atoms with Crippen molar-refractivity contribution >= 4 is 29.1 Å². The number of benzene rings is 2. The van der Waals surface area contributed by atoms with Crippen LogP contribution in [0.25, 0.3) is 17.4 Å². The molecule has 11 heteroatoms. The number of aromatic nitrogens is 1. The average Bonchev–Trinajstić information content (AvgIpc) is 3.52. The van der Waals surface area contributed by atoms with Gasteiger partial charge in [-0.15, -0.1) is 0 Å². The van der Waals surface area contributed by atoms with Gasteiger partial charge in [0.05, 0.1) is 40.8 Å². The van der Waals surface area contributed by atoms with Gasteiger partial charge in [-0.25, -0.2) is 5.21 Å². The smallest absolute Gasteiger partial charge is 0.327 e. The molecular formula is C29H28N3O7S+. The minimum Gasteiger partial charge on any atom is -0.497 e. The highest BCUT2D eigenvalue weighted by atomic mass is 32.1. The molecule has 1 aliphatic heterocycles. The Kier molecular flexibility index (Phi) is 7.40. The SMILES string of the molecule is CCOC(=O)C1C(C)N=c2s/c(=C\c3ccc(-c4ccc(C)cc4[N+](=O)O)o3)c(=O)n2C1c1ccc(OC)cc1. The van der Waals surface area contributed by atoms with Gasteiger partial charge in [0, 0.05) is 12.1 Å². The lowest BCUT2D eigenvalue weighted by Gasteiger charge is -2.32. The zero-order chi connectivity index (χ0) is 28.6. The van der Waals surface area contributed by atoms with E-state index in [9.17, 15) is 19.7 Å². The summed E-state index contributed by atoms with van der Waals surface area (Å²) in [4.78, 5) is 43.6. The molecule has 0 bridgehead atoms. The van der Waals surface area contributed by atoms with Crippen molar-refractivity contribution in [1.82, 2.24) is 4.57 Å². The Morgan fingerprint density at radius 1 is 1.20 bits per heavy atom. The van der Waals surface area contributed by atoms with Gasteiger partial charge < -0.3 is 13.9 Å². The largest absolute Gasteiger partial charge is 0.497 e. The van der Waals surface area contributed by atoms with Crippen molar-refractivity contribution in [2.45, 2.75) is 32.9 Å². The molecule has 5 rings (SSSR count). The molecule has 2 aromatic carbocycles. The Labute approximate surface area is 233 Å². The first-order chi connectivity index (χ1) is 19.2. The van der Waals surface area contributed by atoms with E-state index in [1.54, 1.807) is 67.1 Å². The summed E-state index contributed by atoms with van der Waals surface area (Å²) in [5.41, 5.74) is 1.69. The monoisotopic (exact) mass is 562 g/mol. The Bertz CT molecular complexity index is 1770. The van der Waals surface area contributed by atoms with Crippen LogP contribution in [0.15, 0.2) is 68.8 Å². The van der Waals surface area contributed by atoms with Crippen LogP contribution in [0.2, 0.25) is 0 Å².